The number of anilines is 1. The van der Waals surface area contributed by atoms with E-state index in [1.807, 2.05) is 0 Å². The van der Waals surface area contributed by atoms with Crippen LogP contribution in [0.15, 0.2) is 12.4 Å². The molecular formula is C18H23N5O4S. The Hall–Kier alpha value is -2.75. The topological polar surface area (TPSA) is 106 Å². The Labute approximate surface area is 166 Å². The van der Waals surface area contributed by atoms with Gasteiger partial charge in [0.15, 0.2) is 0 Å². The first-order valence-corrected chi connectivity index (χ1v) is 10.1. The van der Waals surface area contributed by atoms with Crippen LogP contribution in [0.2, 0.25) is 0 Å². The SMILES string of the molecule is CCOC(=O)c1c(NC(=O)CCCN2CCCC2=O)sc(-n2nccn2)c1C. The Morgan fingerprint density at radius 2 is 2.07 bits per heavy atom. The maximum absolute atomic E-state index is 12.4. The van der Waals surface area contributed by atoms with E-state index in [2.05, 4.69) is 15.5 Å². The number of aromatic nitrogens is 3. The molecule has 150 valence electrons. The fourth-order valence-electron chi connectivity index (χ4n) is 3.11. The first-order valence-electron chi connectivity index (χ1n) is 9.26. The number of rotatable bonds is 8. The zero-order valence-electron chi connectivity index (χ0n) is 15.9. The van der Waals surface area contributed by atoms with Gasteiger partial charge >= 0.3 is 5.97 Å². The van der Waals surface area contributed by atoms with E-state index in [4.69, 9.17) is 4.74 Å². The van der Waals surface area contributed by atoms with Crippen molar-refractivity contribution in [3.8, 4) is 5.00 Å². The van der Waals surface area contributed by atoms with Crippen LogP contribution < -0.4 is 5.32 Å². The molecule has 1 saturated heterocycles. The van der Waals surface area contributed by atoms with Crippen molar-refractivity contribution >= 4 is 34.1 Å². The van der Waals surface area contributed by atoms with Gasteiger partial charge in [-0.15, -0.1) is 4.80 Å². The molecule has 1 fully saturated rings. The van der Waals surface area contributed by atoms with Crippen molar-refractivity contribution in [3.63, 3.8) is 0 Å². The second kappa shape index (κ2) is 8.96. The summed E-state index contributed by atoms with van der Waals surface area (Å²) in [6.45, 7) is 5.07. The minimum atomic E-state index is -0.493. The monoisotopic (exact) mass is 405 g/mol. The Morgan fingerprint density at radius 1 is 1.32 bits per heavy atom. The van der Waals surface area contributed by atoms with Crippen molar-refractivity contribution in [2.75, 3.05) is 25.0 Å². The molecule has 0 spiro atoms. The molecule has 0 aliphatic carbocycles. The molecule has 0 unspecified atom stereocenters. The summed E-state index contributed by atoms with van der Waals surface area (Å²) in [5.41, 5.74) is 0.972. The normalized spacial score (nSPS) is 13.8. The highest BCUT2D eigenvalue weighted by Crippen LogP contribution is 2.35. The lowest BCUT2D eigenvalue weighted by Gasteiger charge is -2.14. The molecule has 0 saturated carbocycles. The Balaban J connectivity index is 1.70. The van der Waals surface area contributed by atoms with E-state index in [0.717, 1.165) is 13.0 Å². The van der Waals surface area contributed by atoms with Crippen molar-refractivity contribution < 1.29 is 19.1 Å². The van der Waals surface area contributed by atoms with E-state index in [1.54, 1.807) is 31.1 Å². The van der Waals surface area contributed by atoms with Gasteiger partial charge in [-0.1, -0.05) is 11.3 Å². The van der Waals surface area contributed by atoms with Gasteiger partial charge in [0.25, 0.3) is 0 Å². The Bertz CT molecular complexity index is 862. The Kier molecular flexibility index (Phi) is 6.40. The predicted octanol–water partition coefficient (Wildman–Crippen LogP) is 2.16. The van der Waals surface area contributed by atoms with Crippen molar-refractivity contribution in [3.05, 3.63) is 23.5 Å². The number of amides is 2. The predicted molar refractivity (Wildman–Crippen MR) is 104 cm³/mol. The standard InChI is InChI=1S/C18H23N5O4S/c1-3-27-18(26)15-12(2)17(23-19-8-9-20-23)28-16(15)21-13(24)6-4-10-22-11-5-7-14(22)25/h8-9H,3-7,10-11H2,1-2H3,(H,21,24). The fourth-order valence-corrected chi connectivity index (χ4v) is 4.24. The highest BCUT2D eigenvalue weighted by molar-refractivity contribution is 7.19. The molecule has 1 aliphatic rings. The zero-order valence-corrected chi connectivity index (χ0v) is 16.8. The summed E-state index contributed by atoms with van der Waals surface area (Å²) in [7, 11) is 0. The molecule has 0 atom stereocenters. The number of hydrogen-bond donors (Lipinski definition) is 1. The van der Waals surface area contributed by atoms with Crippen molar-refractivity contribution in [1.29, 1.82) is 0 Å². The summed E-state index contributed by atoms with van der Waals surface area (Å²) in [4.78, 5) is 39.7. The number of carbonyl (C=O) groups excluding carboxylic acids is 3. The molecule has 0 radical (unpaired) electrons. The number of nitrogens with zero attached hydrogens (tertiary/aromatic N) is 4. The van der Waals surface area contributed by atoms with Gasteiger partial charge < -0.3 is 15.0 Å². The molecular weight excluding hydrogens is 382 g/mol. The number of likely N-dealkylation sites (tertiary alicyclic amines) is 1. The van der Waals surface area contributed by atoms with Crippen LogP contribution in [0.3, 0.4) is 0 Å². The maximum Gasteiger partial charge on any atom is 0.341 e. The van der Waals surface area contributed by atoms with Crippen LogP contribution in [-0.2, 0) is 14.3 Å². The molecule has 3 rings (SSSR count). The lowest BCUT2D eigenvalue weighted by atomic mass is 10.2. The van der Waals surface area contributed by atoms with E-state index in [9.17, 15) is 14.4 Å². The first-order chi connectivity index (χ1) is 13.5. The smallest absolute Gasteiger partial charge is 0.341 e. The van der Waals surface area contributed by atoms with Crippen LogP contribution in [0.1, 0.15) is 48.5 Å². The molecule has 9 nitrogen and oxygen atoms in total. The fraction of sp³-hybridized carbons (Fsp3) is 0.500. The summed E-state index contributed by atoms with van der Waals surface area (Å²) in [5.74, 6) is -0.554. The van der Waals surface area contributed by atoms with Gasteiger partial charge in [-0.2, -0.15) is 10.2 Å². The second-order valence-electron chi connectivity index (χ2n) is 6.41. The summed E-state index contributed by atoms with van der Waals surface area (Å²) in [5, 5.41) is 12.1. The molecule has 2 aromatic rings. The zero-order chi connectivity index (χ0) is 20.1. The number of nitrogens with one attached hydrogen (secondary N) is 1. The van der Waals surface area contributed by atoms with Gasteiger partial charge in [0.1, 0.15) is 10.0 Å². The number of esters is 1. The molecule has 1 N–H and O–H groups in total. The van der Waals surface area contributed by atoms with Gasteiger partial charge in [0.05, 0.1) is 24.6 Å². The molecule has 0 aromatic carbocycles. The van der Waals surface area contributed by atoms with E-state index in [0.29, 0.717) is 40.5 Å². The van der Waals surface area contributed by atoms with Gasteiger partial charge in [0.2, 0.25) is 11.8 Å². The third-order valence-electron chi connectivity index (χ3n) is 4.46. The van der Waals surface area contributed by atoms with Gasteiger partial charge in [-0.05, 0) is 26.7 Å². The summed E-state index contributed by atoms with van der Waals surface area (Å²) in [6, 6.07) is 0. The van der Waals surface area contributed by atoms with Gasteiger partial charge in [-0.3, -0.25) is 9.59 Å². The molecule has 28 heavy (non-hydrogen) atoms. The van der Waals surface area contributed by atoms with Crippen LogP contribution in [0, 0.1) is 6.92 Å². The third-order valence-corrected chi connectivity index (χ3v) is 5.63. The lowest BCUT2D eigenvalue weighted by molar-refractivity contribution is -0.128. The first kappa shape index (κ1) is 20.0. The third kappa shape index (κ3) is 4.38. The van der Waals surface area contributed by atoms with Gasteiger partial charge in [-0.25, -0.2) is 4.79 Å². The molecule has 10 heteroatoms. The van der Waals surface area contributed by atoms with E-state index in [-0.39, 0.29) is 24.8 Å². The number of carbonyl (C=O) groups is 3. The van der Waals surface area contributed by atoms with Crippen LogP contribution in [0.5, 0.6) is 0 Å². The Morgan fingerprint density at radius 3 is 2.71 bits per heavy atom. The molecule has 2 aromatic heterocycles. The molecule has 3 heterocycles. The second-order valence-corrected chi connectivity index (χ2v) is 7.41. The van der Waals surface area contributed by atoms with Crippen LogP contribution in [0.4, 0.5) is 5.00 Å². The van der Waals surface area contributed by atoms with Crippen LogP contribution >= 0.6 is 11.3 Å². The molecule has 1 aliphatic heterocycles. The van der Waals surface area contributed by atoms with E-state index in [1.165, 1.54) is 16.1 Å². The van der Waals surface area contributed by atoms with Crippen LogP contribution in [-0.4, -0.2) is 57.4 Å². The van der Waals surface area contributed by atoms with Crippen molar-refractivity contribution in [2.24, 2.45) is 0 Å². The maximum atomic E-state index is 12.4. The minimum Gasteiger partial charge on any atom is -0.462 e. The van der Waals surface area contributed by atoms with Crippen molar-refractivity contribution in [1.82, 2.24) is 19.9 Å². The highest BCUT2D eigenvalue weighted by atomic mass is 32.1. The average Bonchev–Trinajstić information content (AvgIpc) is 3.37. The average molecular weight is 405 g/mol. The van der Waals surface area contributed by atoms with Crippen molar-refractivity contribution in [2.45, 2.75) is 39.5 Å². The highest BCUT2D eigenvalue weighted by Gasteiger charge is 2.25. The largest absolute Gasteiger partial charge is 0.462 e. The molecule has 0 bridgehead atoms. The number of hydrogen-bond acceptors (Lipinski definition) is 7. The van der Waals surface area contributed by atoms with E-state index >= 15 is 0 Å². The number of thiophene rings is 1. The quantitative estimate of drug-likeness (QED) is 0.675. The van der Waals surface area contributed by atoms with Crippen LogP contribution in [0.25, 0.3) is 5.00 Å². The number of ether oxygens (including phenoxy) is 1. The summed E-state index contributed by atoms with van der Waals surface area (Å²) >= 11 is 1.23. The molecule has 2 amide bonds. The summed E-state index contributed by atoms with van der Waals surface area (Å²) in [6.07, 6.45) is 5.39. The van der Waals surface area contributed by atoms with E-state index < -0.39 is 5.97 Å². The summed E-state index contributed by atoms with van der Waals surface area (Å²) < 4.78 is 5.14. The minimum absolute atomic E-state index is 0.148. The lowest BCUT2D eigenvalue weighted by Crippen LogP contribution is -2.26. The van der Waals surface area contributed by atoms with Gasteiger partial charge in [0, 0.05) is 31.5 Å².